The van der Waals surface area contributed by atoms with E-state index in [9.17, 15) is 28.7 Å². The van der Waals surface area contributed by atoms with Gasteiger partial charge in [0.25, 0.3) is 5.91 Å². The zero-order valence-corrected chi connectivity index (χ0v) is 28.6. The van der Waals surface area contributed by atoms with E-state index in [2.05, 4.69) is 20.4 Å². The monoisotopic (exact) mass is 688 g/mol. The number of phenolic OH excluding ortho intramolecular Hbond substituents is 1. The zero-order valence-electron chi connectivity index (χ0n) is 28.6. The van der Waals surface area contributed by atoms with Crippen LogP contribution in [0.3, 0.4) is 0 Å². The van der Waals surface area contributed by atoms with Crippen molar-refractivity contribution >= 4 is 23.6 Å². The van der Waals surface area contributed by atoms with E-state index < -0.39 is 17.9 Å². The topological polar surface area (TPSA) is 126 Å². The molecular formula is C38H49FN6O5. The number of amides is 4. The molecule has 6 aliphatic rings. The SMILES string of the molecule is O=C1NCC[C@H]2CN(Cc3ccccc3O)CC[C@H]2CC(=O)N2CCC(CC2)N2CCC[C@H]2C(=O)N[C@@H]2C[C@H]1N(C(=O)c1ccc(F)cc1)C2. The molecule has 268 valence electrons. The number of carbonyl (C=O) groups excluding carboxylic acids is 4. The number of hydrogen-bond acceptors (Lipinski definition) is 7. The largest absolute Gasteiger partial charge is 0.508 e. The average Bonchev–Trinajstić information content (AvgIpc) is 3.78. The first-order valence-electron chi connectivity index (χ1n) is 18.4. The van der Waals surface area contributed by atoms with Crippen LogP contribution in [0.2, 0.25) is 0 Å². The van der Waals surface area contributed by atoms with Gasteiger partial charge in [-0.3, -0.25) is 29.0 Å². The Morgan fingerprint density at radius 2 is 1.62 bits per heavy atom. The van der Waals surface area contributed by atoms with Gasteiger partial charge >= 0.3 is 0 Å². The molecule has 2 aromatic rings. The maximum absolute atomic E-state index is 13.8. The summed E-state index contributed by atoms with van der Waals surface area (Å²) in [6, 6.07) is 11.5. The Morgan fingerprint density at radius 3 is 2.40 bits per heavy atom. The van der Waals surface area contributed by atoms with Crippen molar-refractivity contribution in [3.63, 3.8) is 0 Å². The van der Waals surface area contributed by atoms with Gasteiger partial charge in [-0.05, 0) is 100 Å². The Hall–Kier alpha value is -4.03. The van der Waals surface area contributed by atoms with E-state index in [-0.39, 0.29) is 59.8 Å². The van der Waals surface area contributed by atoms with Gasteiger partial charge in [0.05, 0.1) is 6.04 Å². The van der Waals surface area contributed by atoms with Crippen LogP contribution in [0.15, 0.2) is 48.5 Å². The molecule has 0 radical (unpaired) electrons. The molecule has 5 atom stereocenters. The minimum Gasteiger partial charge on any atom is -0.508 e. The van der Waals surface area contributed by atoms with Crippen LogP contribution >= 0.6 is 0 Å². The lowest BCUT2D eigenvalue weighted by Crippen LogP contribution is -2.53. The second-order valence-corrected chi connectivity index (χ2v) is 14.9. The lowest BCUT2D eigenvalue weighted by atomic mass is 9.80. The van der Waals surface area contributed by atoms with Crippen molar-refractivity contribution in [3.05, 3.63) is 65.5 Å². The second kappa shape index (κ2) is 15.1. The van der Waals surface area contributed by atoms with Gasteiger partial charge in [0.2, 0.25) is 17.7 Å². The molecule has 6 saturated heterocycles. The lowest BCUT2D eigenvalue weighted by Gasteiger charge is -2.41. The third kappa shape index (κ3) is 7.51. The normalized spacial score (nSPS) is 30.1. The number of phenols is 1. The number of halogens is 1. The van der Waals surface area contributed by atoms with Gasteiger partial charge in [-0.25, -0.2) is 4.39 Å². The Kier molecular flexibility index (Phi) is 10.4. The molecule has 2 aromatic carbocycles. The van der Waals surface area contributed by atoms with Gasteiger partial charge in [0, 0.05) is 68.9 Å². The third-order valence-electron chi connectivity index (χ3n) is 11.8. The van der Waals surface area contributed by atoms with Gasteiger partial charge in [0.1, 0.15) is 17.6 Å². The molecule has 0 spiro atoms. The number of nitrogens with zero attached hydrogens (tertiary/aromatic N) is 4. The highest BCUT2D eigenvalue weighted by molar-refractivity contribution is 5.98. The van der Waals surface area contributed by atoms with Crippen LogP contribution in [0, 0.1) is 17.7 Å². The fourth-order valence-electron chi connectivity index (χ4n) is 9.06. The van der Waals surface area contributed by atoms with Crippen LogP contribution in [0.5, 0.6) is 5.75 Å². The highest BCUT2D eigenvalue weighted by Crippen LogP contribution is 2.33. The molecule has 6 fully saturated rings. The predicted molar refractivity (Wildman–Crippen MR) is 184 cm³/mol. The van der Waals surface area contributed by atoms with Crippen LogP contribution in [0.4, 0.5) is 4.39 Å². The van der Waals surface area contributed by atoms with Crippen molar-refractivity contribution in [1.82, 2.24) is 30.2 Å². The summed E-state index contributed by atoms with van der Waals surface area (Å²) in [5, 5.41) is 16.7. The first kappa shape index (κ1) is 34.4. The molecule has 4 amide bonds. The van der Waals surface area contributed by atoms with Crippen LogP contribution in [0.1, 0.15) is 67.3 Å². The van der Waals surface area contributed by atoms with Crippen molar-refractivity contribution in [2.24, 2.45) is 11.8 Å². The van der Waals surface area contributed by atoms with E-state index in [1.165, 1.54) is 29.2 Å². The first-order chi connectivity index (χ1) is 24.2. The maximum atomic E-state index is 13.8. The average molecular weight is 689 g/mol. The quantitative estimate of drug-likeness (QED) is 0.453. The second-order valence-electron chi connectivity index (χ2n) is 14.9. The Labute approximate surface area is 293 Å². The number of aromatic hydroxyl groups is 1. The van der Waals surface area contributed by atoms with Crippen LogP contribution in [0.25, 0.3) is 0 Å². The number of carbonyl (C=O) groups is 4. The number of para-hydroxylation sites is 1. The number of nitrogens with one attached hydrogen (secondary N) is 2. The molecule has 0 aliphatic carbocycles. The van der Waals surface area contributed by atoms with Crippen molar-refractivity contribution in [2.75, 3.05) is 45.8 Å². The van der Waals surface area contributed by atoms with E-state index in [1.54, 1.807) is 6.07 Å². The molecule has 4 bridgehead atoms. The van der Waals surface area contributed by atoms with E-state index in [1.807, 2.05) is 23.1 Å². The number of hydrogen-bond donors (Lipinski definition) is 3. The molecule has 6 heterocycles. The molecule has 0 unspecified atom stereocenters. The zero-order chi connectivity index (χ0) is 34.8. The van der Waals surface area contributed by atoms with Crippen LogP contribution < -0.4 is 10.6 Å². The molecule has 12 heteroatoms. The third-order valence-corrected chi connectivity index (χ3v) is 11.8. The van der Waals surface area contributed by atoms with Crippen molar-refractivity contribution in [2.45, 2.75) is 82.1 Å². The molecule has 50 heavy (non-hydrogen) atoms. The number of likely N-dealkylation sites (tertiary alicyclic amines) is 2. The first-order valence-corrected chi connectivity index (χ1v) is 18.4. The van der Waals surface area contributed by atoms with Gasteiger partial charge in [-0.1, -0.05) is 18.2 Å². The number of benzene rings is 2. The molecule has 3 N–H and O–H groups in total. The number of fused-ring (bicyclic) bond motifs is 7. The highest BCUT2D eigenvalue weighted by atomic mass is 19.1. The van der Waals surface area contributed by atoms with Gasteiger partial charge in [-0.15, -0.1) is 0 Å². The summed E-state index contributed by atoms with van der Waals surface area (Å²) in [6.45, 7) is 4.95. The Morgan fingerprint density at radius 1 is 0.840 bits per heavy atom. The maximum Gasteiger partial charge on any atom is 0.254 e. The van der Waals surface area contributed by atoms with E-state index >= 15 is 0 Å². The Balaban J connectivity index is 1.12. The lowest BCUT2D eigenvalue weighted by molar-refractivity contribution is -0.136. The predicted octanol–water partition coefficient (Wildman–Crippen LogP) is 2.73. The van der Waals surface area contributed by atoms with Gasteiger partial charge in [0.15, 0.2) is 0 Å². The molecule has 6 aliphatic heterocycles. The summed E-state index contributed by atoms with van der Waals surface area (Å²) in [5.41, 5.74) is 1.15. The summed E-state index contributed by atoms with van der Waals surface area (Å²) >= 11 is 0. The van der Waals surface area contributed by atoms with E-state index in [0.29, 0.717) is 51.0 Å². The molecule has 0 aromatic heterocycles. The molecular weight excluding hydrogens is 639 g/mol. The summed E-state index contributed by atoms with van der Waals surface area (Å²) in [4.78, 5) is 63.2. The summed E-state index contributed by atoms with van der Waals surface area (Å²) in [7, 11) is 0. The number of rotatable bonds is 3. The number of piperidine rings is 2. The summed E-state index contributed by atoms with van der Waals surface area (Å²) in [5.74, 6) is -0.412. The van der Waals surface area contributed by atoms with Crippen molar-refractivity contribution in [1.29, 1.82) is 0 Å². The highest BCUT2D eigenvalue weighted by Gasteiger charge is 2.43. The summed E-state index contributed by atoms with van der Waals surface area (Å²) in [6.07, 6.45) is 5.62. The van der Waals surface area contributed by atoms with Gasteiger partial charge < -0.3 is 25.5 Å². The van der Waals surface area contributed by atoms with Crippen molar-refractivity contribution in [3.8, 4) is 5.75 Å². The smallest absolute Gasteiger partial charge is 0.254 e. The van der Waals surface area contributed by atoms with E-state index in [0.717, 1.165) is 57.3 Å². The summed E-state index contributed by atoms with van der Waals surface area (Å²) < 4.78 is 13.7. The van der Waals surface area contributed by atoms with Crippen molar-refractivity contribution < 1.29 is 28.7 Å². The van der Waals surface area contributed by atoms with E-state index in [4.69, 9.17) is 0 Å². The molecule has 11 nitrogen and oxygen atoms in total. The Bertz CT molecular complexity index is 1560. The minimum atomic E-state index is -0.788. The molecule has 8 rings (SSSR count). The van der Waals surface area contributed by atoms with Gasteiger partial charge in [-0.2, -0.15) is 0 Å². The van der Waals surface area contributed by atoms with Crippen LogP contribution in [-0.2, 0) is 20.9 Å². The standard InChI is InChI=1S/C38H49FN6O5/c39-29-9-7-25(8-10-29)38(50)45-24-30-21-33(45)36(48)40-15-11-27-22-42(23-28-4-1-2-6-34(28)46)17-12-26(27)20-35(47)43-18-13-31(14-19-43)44-16-3-5-32(44)37(49)41-30/h1-2,4,6-10,26-27,30-33,46H,3,5,11-24H2,(H,40,48)(H,41,49)/t26-,27-,30+,32-,33+/m0/s1. The van der Waals surface area contributed by atoms with Crippen LogP contribution in [-0.4, -0.2) is 118 Å². The minimum absolute atomic E-state index is 0.0726. The molecule has 0 saturated carbocycles. The fraction of sp³-hybridized carbons (Fsp3) is 0.579. The fourth-order valence-corrected chi connectivity index (χ4v) is 9.06.